The summed E-state index contributed by atoms with van der Waals surface area (Å²) in [7, 11) is -7.08. The quantitative estimate of drug-likeness (QED) is 0.883. The van der Waals surface area contributed by atoms with E-state index in [-0.39, 0.29) is 22.1 Å². The van der Waals surface area contributed by atoms with Gasteiger partial charge in [-0.2, -0.15) is 0 Å². The highest BCUT2D eigenvalue weighted by molar-refractivity contribution is 7.98. The molecule has 0 saturated carbocycles. The van der Waals surface area contributed by atoms with Crippen LogP contribution in [-0.2, 0) is 26.2 Å². The van der Waals surface area contributed by atoms with Crippen LogP contribution in [0.4, 0.5) is 0 Å². The lowest BCUT2D eigenvalue weighted by molar-refractivity contribution is 0.594. The highest BCUT2D eigenvalue weighted by atomic mass is 32.2. The first-order valence-corrected chi connectivity index (χ1v) is 9.09. The van der Waals surface area contributed by atoms with E-state index in [1.54, 1.807) is 12.1 Å². The Kier molecular flexibility index (Phi) is 3.55. The number of benzene rings is 1. The topological polar surface area (TPSA) is 94.3 Å². The number of sulfone groups is 2. The van der Waals surface area contributed by atoms with Crippen molar-refractivity contribution in [2.45, 2.75) is 18.4 Å². The zero-order valence-corrected chi connectivity index (χ0v) is 12.1. The minimum absolute atomic E-state index is 0.0569. The Balaban J connectivity index is 2.49. The van der Waals surface area contributed by atoms with E-state index in [0.717, 1.165) is 0 Å². The molecule has 0 aromatic heterocycles. The Labute approximate surface area is 113 Å². The second-order valence-electron chi connectivity index (χ2n) is 4.37. The molecule has 2 rings (SSSR count). The highest BCUT2D eigenvalue weighted by Crippen LogP contribution is 2.34. The van der Waals surface area contributed by atoms with E-state index in [2.05, 4.69) is 0 Å². The van der Waals surface area contributed by atoms with Crippen molar-refractivity contribution in [2.75, 3.05) is 11.5 Å². The standard InChI is InChI=1S/C12H15NO4S2/c1-2-18(14,15)8-11-6-10-4-3-9(7-13)5-12(10)19(11,16)17/h3-6H,2,7-8,13H2,1H3. The summed E-state index contributed by atoms with van der Waals surface area (Å²) in [5.41, 5.74) is 6.71. The lowest BCUT2D eigenvalue weighted by Crippen LogP contribution is -2.15. The normalized spacial score (nSPS) is 17.1. The molecule has 1 aromatic carbocycles. The van der Waals surface area contributed by atoms with Crippen LogP contribution in [0.15, 0.2) is 28.0 Å². The minimum Gasteiger partial charge on any atom is -0.326 e. The minimum atomic E-state index is -3.70. The van der Waals surface area contributed by atoms with Crippen LogP contribution in [-0.4, -0.2) is 28.3 Å². The molecule has 0 bridgehead atoms. The molecular weight excluding hydrogens is 286 g/mol. The zero-order chi connectivity index (χ0) is 14.3. The summed E-state index contributed by atoms with van der Waals surface area (Å²) >= 11 is 0. The zero-order valence-electron chi connectivity index (χ0n) is 10.5. The Morgan fingerprint density at radius 2 is 1.95 bits per heavy atom. The van der Waals surface area contributed by atoms with E-state index in [9.17, 15) is 16.8 Å². The Bertz CT molecular complexity index is 746. The summed E-state index contributed by atoms with van der Waals surface area (Å²) in [6.45, 7) is 1.74. The molecule has 0 saturated heterocycles. The molecule has 0 unspecified atom stereocenters. The number of nitrogens with two attached hydrogens (primary N) is 1. The lowest BCUT2D eigenvalue weighted by Gasteiger charge is -2.05. The highest BCUT2D eigenvalue weighted by Gasteiger charge is 2.32. The van der Waals surface area contributed by atoms with Crippen molar-refractivity contribution >= 4 is 25.8 Å². The fraction of sp³-hybridized carbons (Fsp3) is 0.333. The SMILES string of the molecule is CCS(=O)(=O)CC1=Cc2ccc(CN)cc2S1(=O)=O. The third kappa shape index (κ3) is 2.58. The van der Waals surface area contributed by atoms with Gasteiger partial charge >= 0.3 is 0 Å². The van der Waals surface area contributed by atoms with Gasteiger partial charge in [-0.15, -0.1) is 0 Å². The second kappa shape index (κ2) is 4.73. The summed E-state index contributed by atoms with van der Waals surface area (Å²) in [5, 5.41) is 0. The molecule has 104 valence electrons. The predicted molar refractivity (Wildman–Crippen MR) is 73.8 cm³/mol. The van der Waals surface area contributed by atoms with Crippen molar-refractivity contribution < 1.29 is 16.8 Å². The van der Waals surface area contributed by atoms with Crippen molar-refractivity contribution in [2.24, 2.45) is 5.73 Å². The van der Waals surface area contributed by atoms with Gasteiger partial charge in [-0.1, -0.05) is 19.1 Å². The van der Waals surface area contributed by atoms with Crippen LogP contribution >= 0.6 is 0 Å². The third-order valence-corrected chi connectivity index (χ3v) is 6.77. The third-order valence-electron chi connectivity index (χ3n) is 3.07. The molecular formula is C12H15NO4S2. The van der Waals surface area contributed by atoms with Crippen LogP contribution < -0.4 is 5.73 Å². The van der Waals surface area contributed by atoms with Crippen molar-refractivity contribution in [1.29, 1.82) is 0 Å². The number of hydrogen-bond acceptors (Lipinski definition) is 5. The van der Waals surface area contributed by atoms with Crippen LogP contribution in [0, 0.1) is 0 Å². The maximum absolute atomic E-state index is 12.3. The first-order valence-electron chi connectivity index (χ1n) is 5.79. The summed E-state index contributed by atoms with van der Waals surface area (Å²) in [4.78, 5) is 0.0928. The summed E-state index contributed by atoms with van der Waals surface area (Å²) in [5.74, 6) is -0.525. The summed E-state index contributed by atoms with van der Waals surface area (Å²) in [6.07, 6.45) is 1.43. The lowest BCUT2D eigenvalue weighted by atomic mass is 10.1. The number of rotatable bonds is 4. The fourth-order valence-corrected chi connectivity index (χ4v) is 5.08. The molecule has 0 fully saturated rings. The molecule has 0 atom stereocenters. The van der Waals surface area contributed by atoms with E-state index in [1.165, 1.54) is 19.1 Å². The average molecular weight is 301 g/mol. The van der Waals surface area contributed by atoms with Crippen molar-refractivity contribution in [1.82, 2.24) is 0 Å². The molecule has 1 aromatic rings. The van der Waals surface area contributed by atoms with Crippen molar-refractivity contribution in [3.8, 4) is 0 Å². The van der Waals surface area contributed by atoms with Gasteiger partial charge in [0.25, 0.3) is 0 Å². The monoisotopic (exact) mass is 301 g/mol. The van der Waals surface area contributed by atoms with E-state index in [0.29, 0.717) is 11.1 Å². The first-order chi connectivity index (χ1) is 8.80. The van der Waals surface area contributed by atoms with Gasteiger partial charge in [-0.3, -0.25) is 0 Å². The maximum Gasteiger partial charge on any atom is 0.204 e. The average Bonchev–Trinajstić information content (AvgIpc) is 2.60. The Hall–Kier alpha value is -1.18. The molecule has 19 heavy (non-hydrogen) atoms. The van der Waals surface area contributed by atoms with E-state index in [4.69, 9.17) is 5.73 Å². The van der Waals surface area contributed by atoms with Crippen LogP contribution in [0.1, 0.15) is 18.1 Å². The molecule has 0 aliphatic carbocycles. The van der Waals surface area contributed by atoms with Crippen LogP contribution in [0.2, 0.25) is 0 Å². The number of fused-ring (bicyclic) bond motifs is 1. The largest absolute Gasteiger partial charge is 0.326 e. The van der Waals surface area contributed by atoms with Gasteiger partial charge in [0, 0.05) is 12.3 Å². The van der Waals surface area contributed by atoms with Gasteiger partial charge in [0.05, 0.1) is 15.6 Å². The Morgan fingerprint density at radius 3 is 2.53 bits per heavy atom. The molecule has 7 heteroatoms. The van der Waals surface area contributed by atoms with Gasteiger partial charge < -0.3 is 5.73 Å². The molecule has 1 aliphatic rings. The predicted octanol–water partition coefficient (Wildman–Crippen LogP) is 0.708. The van der Waals surface area contributed by atoms with Crippen molar-refractivity contribution in [3.63, 3.8) is 0 Å². The van der Waals surface area contributed by atoms with Gasteiger partial charge in [-0.05, 0) is 23.3 Å². The van der Waals surface area contributed by atoms with Gasteiger partial charge in [0.1, 0.15) is 0 Å². The number of hydrogen-bond donors (Lipinski definition) is 1. The van der Waals surface area contributed by atoms with E-state index >= 15 is 0 Å². The first kappa shape index (κ1) is 14.2. The van der Waals surface area contributed by atoms with Gasteiger partial charge in [-0.25, -0.2) is 16.8 Å². The van der Waals surface area contributed by atoms with E-state index in [1.807, 2.05) is 0 Å². The van der Waals surface area contributed by atoms with Crippen LogP contribution in [0.3, 0.4) is 0 Å². The molecule has 2 N–H and O–H groups in total. The molecule has 0 amide bonds. The molecule has 5 nitrogen and oxygen atoms in total. The van der Waals surface area contributed by atoms with Gasteiger partial charge in [0.2, 0.25) is 9.84 Å². The van der Waals surface area contributed by atoms with Crippen LogP contribution in [0.5, 0.6) is 0 Å². The van der Waals surface area contributed by atoms with Crippen LogP contribution in [0.25, 0.3) is 6.08 Å². The van der Waals surface area contributed by atoms with Gasteiger partial charge in [0.15, 0.2) is 9.84 Å². The second-order valence-corrected chi connectivity index (χ2v) is 8.69. The Morgan fingerprint density at radius 1 is 1.26 bits per heavy atom. The fourth-order valence-electron chi connectivity index (χ4n) is 1.89. The summed E-state index contributed by atoms with van der Waals surface area (Å²) < 4.78 is 47.7. The van der Waals surface area contributed by atoms with E-state index < -0.39 is 25.4 Å². The summed E-state index contributed by atoms with van der Waals surface area (Å²) in [6, 6.07) is 4.90. The van der Waals surface area contributed by atoms with Crippen molar-refractivity contribution in [3.05, 3.63) is 34.2 Å². The molecule has 1 aliphatic heterocycles. The smallest absolute Gasteiger partial charge is 0.204 e. The maximum atomic E-state index is 12.3. The molecule has 1 heterocycles. The molecule has 0 radical (unpaired) electrons. The molecule has 0 spiro atoms.